The standard InChI is InChI=1S/C17H17F2N/c18-14-6-7-16(19)15(10-14)17(20)9-11-4-5-12-2-1-3-13(12)8-11/h4-8,10,17H,1-3,9,20H2. The van der Waals surface area contributed by atoms with Gasteiger partial charge in [-0.3, -0.25) is 0 Å². The number of fused-ring (bicyclic) bond motifs is 1. The van der Waals surface area contributed by atoms with Gasteiger partial charge in [0.05, 0.1) is 0 Å². The third-order valence-electron chi connectivity index (χ3n) is 3.98. The smallest absolute Gasteiger partial charge is 0.128 e. The van der Waals surface area contributed by atoms with Crippen LogP contribution in [0.25, 0.3) is 0 Å². The van der Waals surface area contributed by atoms with Crippen molar-refractivity contribution >= 4 is 0 Å². The molecule has 1 aliphatic carbocycles. The Kier molecular flexibility index (Phi) is 3.53. The van der Waals surface area contributed by atoms with Crippen LogP contribution in [0, 0.1) is 11.6 Å². The Morgan fingerprint density at radius 3 is 2.65 bits per heavy atom. The molecule has 1 atom stereocenters. The lowest BCUT2D eigenvalue weighted by molar-refractivity contribution is 0.561. The Morgan fingerprint density at radius 2 is 1.80 bits per heavy atom. The fraction of sp³-hybridized carbons (Fsp3) is 0.294. The molecule has 1 nitrogen and oxygen atoms in total. The summed E-state index contributed by atoms with van der Waals surface area (Å²) in [6, 6.07) is 9.24. The molecule has 20 heavy (non-hydrogen) atoms. The summed E-state index contributed by atoms with van der Waals surface area (Å²) in [5.74, 6) is -0.897. The molecule has 0 fully saturated rings. The van der Waals surface area contributed by atoms with Crippen molar-refractivity contribution in [3.05, 3.63) is 70.3 Å². The van der Waals surface area contributed by atoms with Crippen LogP contribution in [0.15, 0.2) is 36.4 Å². The first kappa shape index (κ1) is 13.3. The molecule has 0 radical (unpaired) electrons. The van der Waals surface area contributed by atoms with E-state index < -0.39 is 17.7 Å². The number of aryl methyl sites for hydroxylation is 2. The highest BCUT2D eigenvalue weighted by Gasteiger charge is 2.15. The first-order chi connectivity index (χ1) is 9.63. The molecule has 0 amide bonds. The summed E-state index contributed by atoms with van der Waals surface area (Å²) in [6.45, 7) is 0. The molecule has 0 saturated heterocycles. The zero-order valence-corrected chi connectivity index (χ0v) is 11.2. The van der Waals surface area contributed by atoms with Crippen molar-refractivity contribution < 1.29 is 8.78 Å². The van der Waals surface area contributed by atoms with Crippen LogP contribution in [0.3, 0.4) is 0 Å². The normalized spacial score (nSPS) is 15.2. The molecular weight excluding hydrogens is 256 g/mol. The number of halogens is 2. The van der Waals surface area contributed by atoms with Gasteiger partial charge >= 0.3 is 0 Å². The van der Waals surface area contributed by atoms with Gasteiger partial charge in [-0.25, -0.2) is 8.78 Å². The summed E-state index contributed by atoms with van der Waals surface area (Å²) in [5.41, 5.74) is 10.1. The van der Waals surface area contributed by atoms with E-state index in [1.165, 1.54) is 23.6 Å². The predicted molar refractivity (Wildman–Crippen MR) is 75.5 cm³/mol. The van der Waals surface area contributed by atoms with Gasteiger partial charge in [0, 0.05) is 11.6 Å². The Morgan fingerprint density at radius 1 is 1.00 bits per heavy atom. The van der Waals surface area contributed by atoms with Crippen LogP contribution < -0.4 is 5.73 Å². The lowest BCUT2D eigenvalue weighted by atomic mass is 9.97. The van der Waals surface area contributed by atoms with Crippen LogP contribution >= 0.6 is 0 Å². The molecule has 2 aromatic carbocycles. The number of nitrogens with two attached hydrogens (primary N) is 1. The van der Waals surface area contributed by atoms with E-state index in [9.17, 15) is 8.78 Å². The van der Waals surface area contributed by atoms with Gasteiger partial charge in [-0.2, -0.15) is 0 Å². The maximum Gasteiger partial charge on any atom is 0.128 e. The summed E-state index contributed by atoms with van der Waals surface area (Å²) < 4.78 is 26.9. The van der Waals surface area contributed by atoms with Gasteiger partial charge in [-0.05, 0) is 60.6 Å². The van der Waals surface area contributed by atoms with E-state index in [2.05, 4.69) is 12.1 Å². The first-order valence-electron chi connectivity index (χ1n) is 6.94. The fourth-order valence-corrected chi connectivity index (χ4v) is 2.91. The number of hydrogen-bond donors (Lipinski definition) is 1. The monoisotopic (exact) mass is 273 g/mol. The molecule has 0 spiro atoms. The zero-order chi connectivity index (χ0) is 14.1. The van der Waals surface area contributed by atoms with Gasteiger partial charge in [0.1, 0.15) is 11.6 Å². The van der Waals surface area contributed by atoms with Gasteiger partial charge in [0.25, 0.3) is 0 Å². The van der Waals surface area contributed by atoms with Crippen molar-refractivity contribution in [1.82, 2.24) is 0 Å². The van der Waals surface area contributed by atoms with E-state index in [1.807, 2.05) is 6.07 Å². The predicted octanol–water partition coefficient (Wildman–Crippen LogP) is 3.70. The molecule has 3 heteroatoms. The molecular formula is C17H17F2N. The first-order valence-corrected chi connectivity index (χ1v) is 6.94. The molecule has 0 saturated carbocycles. The summed E-state index contributed by atoms with van der Waals surface area (Å²) in [6.07, 6.45) is 3.96. The van der Waals surface area contributed by atoms with Gasteiger partial charge in [-0.15, -0.1) is 0 Å². The van der Waals surface area contributed by atoms with E-state index >= 15 is 0 Å². The van der Waals surface area contributed by atoms with Crippen molar-refractivity contribution in [2.24, 2.45) is 5.73 Å². The number of hydrogen-bond acceptors (Lipinski definition) is 1. The molecule has 3 rings (SSSR count). The lowest BCUT2D eigenvalue weighted by Crippen LogP contribution is -2.15. The van der Waals surface area contributed by atoms with E-state index in [-0.39, 0.29) is 5.56 Å². The molecule has 0 heterocycles. The maximum atomic E-state index is 13.7. The third-order valence-corrected chi connectivity index (χ3v) is 3.98. The quantitative estimate of drug-likeness (QED) is 0.906. The highest BCUT2D eigenvalue weighted by atomic mass is 19.1. The van der Waals surface area contributed by atoms with Crippen LogP contribution in [0.2, 0.25) is 0 Å². The third kappa shape index (κ3) is 2.59. The molecule has 0 bridgehead atoms. The molecule has 2 aromatic rings. The minimum Gasteiger partial charge on any atom is -0.324 e. The second-order valence-corrected chi connectivity index (χ2v) is 5.43. The zero-order valence-electron chi connectivity index (χ0n) is 11.2. The van der Waals surface area contributed by atoms with E-state index in [1.54, 1.807) is 0 Å². The SMILES string of the molecule is NC(Cc1ccc2c(c1)CCC2)c1cc(F)ccc1F. The largest absolute Gasteiger partial charge is 0.324 e. The Balaban J connectivity index is 1.82. The van der Waals surface area contributed by atoms with Crippen LogP contribution in [-0.2, 0) is 19.3 Å². The van der Waals surface area contributed by atoms with Gasteiger partial charge in [0.2, 0.25) is 0 Å². The summed E-state index contributed by atoms with van der Waals surface area (Å²) >= 11 is 0. The van der Waals surface area contributed by atoms with Gasteiger partial charge < -0.3 is 5.73 Å². The molecule has 2 N–H and O–H groups in total. The van der Waals surface area contributed by atoms with Crippen LogP contribution in [0.4, 0.5) is 8.78 Å². The van der Waals surface area contributed by atoms with E-state index in [0.717, 1.165) is 30.5 Å². The topological polar surface area (TPSA) is 26.0 Å². The van der Waals surface area contributed by atoms with E-state index in [4.69, 9.17) is 5.73 Å². The maximum absolute atomic E-state index is 13.7. The average Bonchev–Trinajstić information content (AvgIpc) is 2.89. The summed E-state index contributed by atoms with van der Waals surface area (Å²) in [5, 5.41) is 0. The van der Waals surface area contributed by atoms with Gasteiger partial charge in [-0.1, -0.05) is 18.2 Å². The highest BCUT2D eigenvalue weighted by molar-refractivity contribution is 5.36. The molecule has 1 unspecified atom stereocenters. The van der Waals surface area contributed by atoms with Crippen molar-refractivity contribution in [2.75, 3.05) is 0 Å². The fourth-order valence-electron chi connectivity index (χ4n) is 2.91. The Labute approximate surface area is 117 Å². The van der Waals surface area contributed by atoms with Crippen LogP contribution in [-0.4, -0.2) is 0 Å². The van der Waals surface area contributed by atoms with Crippen molar-refractivity contribution in [3.8, 4) is 0 Å². The molecule has 104 valence electrons. The number of rotatable bonds is 3. The van der Waals surface area contributed by atoms with Crippen molar-refractivity contribution in [3.63, 3.8) is 0 Å². The lowest BCUT2D eigenvalue weighted by Gasteiger charge is -2.14. The average molecular weight is 273 g/mol. The summed E-state index contributed by atoms with van der Waals surface area (Å²) in [7, 11) is 0. The van der Waals surface area contributed by atoms with Crippen LogP contribution in [0.1, 0.15) is 34.7 Å². The minimum atomic E-state index is -0.523. The van der Waals surface area contributed by atoms with Gasteiger partial charge in [0.15, 0.2) is 0 Å². The Bertz CT molecular complexity index is 637. The van der Waals surface area contributed by atoms with Crippen LogP contribution in [0.5, 0.6) is 0 Å². The summed E-state index contributed by atoms with van der Waals surface area (Å²) in [4.78, 5) is 0. The molecule has 0 aliphatic heterocycles. The second kappa shape index (κ2) is 5.33. The highest BCUT2D eigenvalue weighted by Crippen LogP contribution is 2.25. The van der Waals surface area contributed by atoms with E-state index in [0.29, 0.717) is 6.42 Å². The number of benzene rings is 2. The second-order valence-electron chi connectivity index (χ2n) is 5.43. The van der Waals surface area contributed by atoms with Crippen molar-refractivity contribution in [1.29, 1.82) is 0 Å². The Hall–Kier alpha value is -1.74. The minimum absolute atomic E-state index is 0.241. The molecule has 1 aliphatic rings. The molecule has 0 aromatic heterocycles. The van der Waals surface area contributed by atoms with Crippen molar-refractivity contribution in [2.45, 2.75) is 31.7 Å².